The van der Waals surface area contributed by atoms with E-state index in [-0.39, 0.29) is 5.91 Å². The predicted octanol–water partition coefficient (Wildman–Crippen LogP) is 2.32. The lowest BCUT2D eigenvalue weighted by Crippen LogP contribution is -2.36. The highest BCUT2D eigenvalue weighted by molar-refractivity contribution is 5.94. The number of hydrogen-bond acceptors (Lipinski definition) is 6. The third-order valence-electron chi connectivity index (χ3n) is 4.93. The van der Waals surface area contributed by atoms with Crippen molar-refractivity contribution in [3.63, 3.8) is 0 Å². The first-order valence-corrected chi connectivity index (χ1v) is 9.22. The number of nitrogens with zero attached hydrogens (tertiary/aromatic N) is 5. The van der Waals surface area contributed by atoms with Gasteiger partial charge in [-0.25, -0.2) is 9.97 Å². The maximum absolute atomic E-state index is 12.9. The van der Waals surface area contributed by atoms with Crippen LogP contribution in [0.4, 0.5) is 0 Å². The summed E-state index contributed by atoms with van der Waals surface area (Å²) in [5.41, 5.74) is 3.00. The van der Waals surface area contributed by atoms with Gasteiger partial charge in [0.25, 0.3) is 5.91 Å². The van der Waals surface area contributed by atoms with Crippen LogP contribution in [0, 0.1) is 0 Å². The third-order valence-corrected chi connectivity index (χ3v) is 4.93. The zero-order valence-corrected chi connectivity index (χ0v) is 15.1. The van der Waals surface area contributed by atoms with Crippen molar-refractivity contribution in [2.45, 2.75) is 25.8 Å². The summed E-state index contributed by atoms with van der Waals surface area (Å²) in [4.78, 5) is 27.7. The van der Waals surface area contributed by atoms with Crippen molar-refractivity contribution < 1.29 is 9.21 Å². The second kappa shape index (κ2) is 6.88. The molecule has 28 heavy (non-hydrogen) atoms. The zero-order valence-electron chi connectivity index (χ0n) is 15.1. The van der Waals surface area contributed by atoms with Crippen LogP contribution >= 0.6 is 0 Å². The van der Waals surface area contributed by atoms with Gasteiger partial charge in [0.1, 0.15) is 17.1 Å². The Morgan fingerprint density at radius 2 is 2.14 bits per heavy atom. The minimum absolute atomic E-state index is 0.109. The first kappa shape index (κ1) is 16.6. The normalized spacial score (nSPS) is 13.6. The van der Waals surface area contributed by atoms with Gasteiger partial charge in [-0.05, 0) is 30.2 Å². The lowest BCUT2D eigenvalue weighted by Gasteiger charge is -2.24. The molecule has 5 heterocycles. The summed E-state index contributed by atoms with van der Waals surface area (Å²) in [5, 5.41) is 7.63. The molecule has 0 bridgehead atoms. The Labute approximate surface area is 160 Å². The van der Waals surface area contributed by atoms with Gasteiger partial charge in [0.2, 0.25) is 0 Å². The summed E-state index contributed by atoms with van der Waals surface area (Å²) in [5.74, 6) is 1.48. The largest absolute Gasteiger partial charge is 0.445 e. The molecule has 8 heteroatoms. The summed E-state index contributed by atoms with van der Waals surface area (Å²) in [7, 11) is 0. The van der Waals surface area contributed by atoms with Crippen molar-refractivity contribution in [2.75, 3.05) is 6.54 Å². The fourth-order valence-corrected chi connectivity index (χ4v) is 3.44. The Bertz CT molecular complexity index is 1130. The number of pyridine rings is 2. The van der Waals surface area contributed by atoms with Crippen molar-refractivity contribution >= 4 is 16.9 Å². The van der Waals surface area contributed by atoms with E-state index in [9.17, 15) is 4.79 Å². The molecule has 0 unspecified atom stereocenters. The lowest BCUT2D eigenvalue weighted by atomic mass is 10.1. The third kappa shape index (κ3) is 3.13. The Morgan fingerprint density at radius 1 is 1.18 bits per heavy atom. The zero-order chi connectivity index (χ0) is 18.9. The highest BCUT2D eigenvalue weighted by Crippen LogP contribution is 2.22. The summed E-state index contributed by atoms with van der Waals surface area (Å²) in [6, 6.07) is 7.55. The Morgan fingerprint density at radius 3 is 3.04 bits per heavy atom. The fraction of sp³-hybridized carbons (Fsp3) is 0.250. The SMILES string of the molecule is O=C(c1ccc2cn[nH]c2n1)N1CCc2oc(CCc3cccnc3)nc2C1. The summed E-state index contributed by atoms with van der Waals surface area (Å²) in [6.07, 6.45) is 7.50. The number of aryl methyl sites for hydroxylation is 2. The molecule has 4 aromatic rings. The van der Waals surface area contributed by atoms with E-state index in [1.54, 1.807) is 23.4 Å². The van der Waals surface area contributed by atoms with Crippen molar-refractivity contribution in [3.05, 3.63) is 71.5 Å². The first-order chi connectivity index (χ1) is 13.8. The molecule has 0 aromatic carbocycles. The number of hydrogen-bond donors (Lipinski definition) is 1. The van der Waals surface area contributed by atoms with Crippen molar-refractivity contribution in [1.29, 1.82) is 0 Å². The van der Waals surface area contributed by atoms with Gasteiger partial charge in [-0.2, -0.15) is 5.10 Å². The molecule has 1 aliphatic heterocycles. The van der Waals surface area contributed by atoms with E-state index in [2.05, 4.69) is 25.1 Å². The molecular formula is C20H18N6O2. The van der Waals surface area contributed by atoms with E-state index in [1.807, 2.05) is 24.4 Å². The summed E-state index contributed by atoms with van der Waals surface area (Å²) >= 11 is 0. The molecule has 0 atom stereocenters. The van der Waals surface area contributed by atoms with E-state index < -0.39 is 0 Å². The van der Waals surface area contributed by atoms with Crippen LogP contribution in [0.5, 0.6) is 0 Å². The van der Waals surface area contributed by atoms with Gasteiger partial charge < -0.3 is 9.32 Å². The number of nitrogens with one attached hydrogen (secondary N) is 1. The van der Waals surface area contributed by atoms with Crippen molar-refractivity contribution in [3.8, 4) is 0 Å². The van der Waals surface area contributed by atoms with Crippen LogP contribution in [0.25, 0.3) is 11.0 Å². The number of amides is 1. The van der Waals surface area contributed by atoms with Crippen LogP contribution in [-0.2, 0) is 25.8 Å². The molecule has 4 aromatic heterocycles. The fourth-order valence-electron chi connectivity index (χ4n) is 3.44. The van der Waals surface area contributed by atoms with Gasteiger partial charge in [0.15, 0.2) is 11.5 Å². The number of rotatable bonds is 4. The van der Waals surface area contributed by atoms with E-state index in [1.165, 1.54) is 0 Å². The molecular weight excluding hydrogens is 356 g/mol. The summed E-state index contributed by atoms with van der Waals surface area (Å²) < 4.78 is 5.91. The molecule has 0 aliphatic carbocycles. The maximum Gasteiger partial charge on any atom is 0.272 e. The van der Waals surface area contributed by atoms with Gasteiger partial charge in [-0.3, -0.25) is 14.9 Å². The van der Waals surface area contributed by atoms with Crippen LogP contribution in [0.1, 0.15) is 33.4 Å². The Hall–Kier alpha value is -3.55. The molecule has 8 nitrogen and oxygen atoms in total. The lowest BCUT2D eigenvalue weighted by molar-refractivity contribution is 0.0722. The molecule has 1 aliphatic rings. The number of H-pyrrole nitrogens is 1. The number of carbonyl (C=O) groups is 1. The average Bonchev–Trinajstić information content (AvgIpc) is 3.37. The maximum atomic E-state index is 12.9. The van der Waals surface area contributed by atoms with Gasteiger partial charge in [-0.15, -0.1) is 0 Å². The van der Waals surface area contributed by atoms with Gasteiger partial charge >= 0.3 is 0 Å². The van der Waals surface area contributed by atoms with Crippen LogP contribution in [0.3, 0.4) is 0 Å². The van der Waals surface area contributed by atoms with Gasteiger partial charge in [0, 0.05) is 37.2 Å². The van der Waals surface area contributed by atoms with E-state index >= 15 is 0 Å². The number of fused-ring (bicyclic) bond motifs is 2. The Balaban J connectivity index is 1.29. The molecule has 0 fully saturated rings. The van der Waals surface area contributed by atoms with Crippen molar-refractivity contribution in [2.24, 2.45) is 0 Å². The molecule has 140 valence electrons. The van der Waals surface area contributed by atoms with Crippen LogP contribution in [0.15, 0.2) is 47.3 Å². The van der Waals surface area contributed by atoms with Crippen LogP contribution in [-0.4, -0.2) is 42.5 Å². The number of carbonyl (C=O) groups excluding carboxylic acids is 1. The highest BCUT2D eigenvalue weighted by atomic mass is 16.4. The summed E-state index contributed by atoms with van der Waals surface area (Å²) in [6.45, 7) is 1.03. The molecule has 1 N–H and O–H groups in total. The van der Waals surface area contributed by atoms with Gasteiger partial charge in [0.05, 0.1) is 12.7 Å². The minimum Gasteiger partial charge on any atom is -0.445 e. The van der Waals surface area contributed by atoms with E-state index in [0.717, 1.165) is 28.8 Å². The highest BCUT2D eigenvalue weighted by Gasteiger charge is 2.27. The smallest absolute Gasteiger partial charge is 0.272 e. The average molecular weight is 374 g/mol. The number of aromatic amines is 1. The van der Waals surface area contributed by atoms with E-state index in [4.69, 9.17) is 4.42 Å². The van der Waals surface area contributed by atoms with Crippen LogP contribution < -0.4 is 0 Å². The molecule has 0 radical (unpaired) electrons. The van der Waals surface area contributed by atoms with E-state index in [0.29, 0.717) is 43.2 Å². The number of oxazole rings is 1. The molecule has 1 amide bonds. The molecule has 0 spiro atoms. The second-order valence-electron chi connectivity index (χ2n) is 6.82. The standard InChI is InChI=1S/C20H18N6O2/c27-20(15-5-4-14-11-22-25-19(14)24-15)26-9-7-17-16(12-26)23-18(28-17)6-3-13-2-1-8-21-10-13/h1-2,4-5,8,10-11H,3,6-7,9,12H2,(H,22,24,25). The molecule has 0 saturated carbocycles. The van der Waals surface area contributed by atoms with Crippen molar-refractivity contribution in [1.82, 2.24) is 30.0 Å². The quantitative estimate of drug-likeness (QED) is 0.588. The minimum atomic E-state index is -0.109. The van der Waals surface area contributed by atoms with Gasteiger partial charge in [-0.1, -0.05) is 6.07 Å². The number of aromatic nitrogens is 5. The topological polar surface area (TPSA) is 101 Å². The predicted molar refractivity (Wildman–Crippen MR) is 100 cm³/mol. The molecule has 5 rings (SSSR count). The first-order valence-electron chi connectivity index (χ1n) is 9.22. The second-order valence-corrected chi connectivity index (χ2v) is 6.82. The Kier molecular flexibility index (Phi) is 4.08. The van der Waals surface area contributed by atoms with Crippen LogP contribution in [0.2, 0.25) is 0 Å². The monoisotopic (exact) mass is 374 g/mol. The molecule has 0 saturated heterocycles.